The molecule has 0 spiro atoms. The maximum absolute atomic E-state index is 11.7. The Balaban J connectivity index is 2.56. The van der Waals surface area contributed by atoms with Gasteiger partial charge in [0.05, 0.1) is 6.61 Å². The van der Waals surface area contributed by atoms with E-state index in [-0.39, 0.29) is 24.0 Å². The second-order valence-corrected chi connectivity index (χ2v) is 4.34. The zero-order valence-electron chi connectivity index (χ0n) is 11.0. The molecule has 0 fully saturated rings. The summed E-state index contributed by atoms with van der Waals surface area (Å²) >= 11 is 0. The summed E-state index contributed by atoms with van der Waals surface area (Å²) in [5.74, 6) is -0.989. The van der Waals surface area contributed by atoms with Crippen molar-refractivity contribution >= 4 is 5.97 Å². The molecule has 0 bridgehead atoms. The van der Waals surface area contributed by atoms with Crippen LogP contribution in [0.5, 0.6) is 11.5 Å². The van der Waals surface area contributed by atoms with Crippen LogP contribution < -0.4 is 5.73 Å². The molecule has 0 aliphatic heterocycles. The van der Waals surface area contributed by atoms with Crippen LogP contribution in [-0.4, -0.2) is 42.0 Å². The van der Waals surface area contributed by atoms with Crippen LogP contribution in [0.3, 0.4) is 0 Å². The van der Waals surface area contributed by atoms with Gasteiger partial charge in [0.2, 0.25) is 0 Å². The third-order valence-corrected chi connectivity index (χ3v) is 2.52. The Kier molecular flexibility index (Phi) is 5.59. The summed E-state index contributed by atoms with van der Waals surface area (Å²) < 4.78 is 9.93. The average Bonchev–Trinajstić information content (AvgIpc) is 2.34. The van der Waals surface area contributed by atoms with Crippen LogP contribution in [0.4, 0.5) is 0 Å². The first-order valence-corrected chi connectivity index (χ1v) is 5.90. The van der Waals surface area contributed by atoms with E-state index in [1.165, 1.54) is 19.2 Å². The van der Waals surface area contributed by atoms with E-state index in [2.05, 4.69) is 0 Å². The molecule has 0 saturated heterocycles. The highest BCUT2D eigenvalue weighted by Crippen LogP contribution is 2.25. The van der Waals surface area contributed by atoms with Crippen LogP contribution in [0.1, 0.15) is 12.5 Å². The molecule has 1 rings (SSSR count). The standard InChI is InChI=1S/C13H19NO5/c1-8(7-18-2)19-13(17)10(14)5-9-3-4-11(15)12(16)6-9/h3-4,6,8,10,15-16H,5,7,14H2,1-2H3/t8-,10+/m1/s1. The second-order valence-electron chi connectivity index (χ2n) is 4.34. The van der Waals surface area contributed by atoms with Crippen LogP contribution in [0, 0.1) is 0 Å². The number of hydrogen-bond acceptors (Lipinski definition) is 6. The quantitative estimate of drug-likeness (QED) is 0.515. The average molecular weight is 269 g/mol. The minimum absolute atomic E-state index is 0.214. The number of phenolic OH excluding ortho intramolecular Hbond substituents is 2. The van der Waals surface area contributed by atoms with Crippen molar-refractivity contribution in [3.8, 4) is 11.5 Å². The zero-order valence-corrected chi connectivity index (χ0v) is 11.0. The highest BCUT2D eigenvalue weighted by Gasteiger charge is 2.18. The Morgan fingerprint density at radius 2 is 2.05 bits per heavy atom. The lowest BCUT2D eigenvalue weighted by molar-refractivity contribution is -0.152. The van der Waals surface area contributed by atoms with Crippen molar-refractivity contribution < 1.29 is 24.5 Å². The van der Waals surface area contributed by atoms with Gasteiger partial charge in [0, 0.05) is 7.11 Å². The third kappa shape index (κ3) is 4.76. The molecule has 4 N–H and O–H groups in total. The summed E-state index contributed by atoms with van der Waals surface area (Å²) in [5.41, 5.74) is 6.36. The van der Waals surface area contributed by atoms with E-state index in [0.29, 0.717) is 12.2 Å². The first-order chi connectivity index (χ1) is 8.93. The number of methoxy groups -OCH3 is 1. The highest BCUT2D eigenvalue weighted by atomic mass is 16.6. The van der Waals surface area contributed by atoms with Gasteiger partial charge >= 0.3 is 5.97 Å². The summed E-state index contributed by atoms with van der Waals surface area (Å²) in [4.78, 5) is 11.7. The van der Waals surface area contributed by atoms with Gasteiger partial charge < -0.3 is 25.4 Å². The number of carbonyl (C=O) groups is 1. The van der Waals surface area contributed by atoms with Crippen molar-refractivity contribution in [3.05, 3.63) is 23.8 Å². The molecule has 1 aromatic rings. The Hall–Kier alpha value is -1.79. The number of esters is 1. The summed E-state index contributed by atoms with van der Waals surface area (Å²) in [6.45, 7) is 2.01. The maximum atomic E-state index is 11.7. The van der Waals surface area contributed by atoms with Crippen LogP contribution >= 0.6 is 0 Å². The molecule has 1 aromatic carbocycles. The van der Waals surface area contributed by atoms with Crippen molar-refractivity contribution in [2.75, 3.05) is 13.7 Å². The molecule has 0 aromatic heterocycles. The fourth-order valence-corrected chi connectivity index (χ4v) is 1.59. The minimum Gasteiger partial charge on any atom is -0.504 e. The number of benzene rings is 1. The smallest absolute Gasteiger partial charge is 0.323 e. The summed E-state index contributed by atoms with van der Waals surface area (Å²) in [5, 5.41) is 18.5. The number of rotatable bonds is 6. The summed E-state index contributed by atoms with van der Waals surface area (Å²) in [6.07, 6.45) is -0.149. The number of phenols is 2. The van der Waals surface area contributed by atoms with Crippen molar-refractivity contribution in [3.63, 3.8) is 0 Å². The minimum atomic E-state index is -0.830. The fraction of sp³-hybridized carbons (Fsp3) is 0.462. The topological polar surface area (TPSA) is 102 Å². The number of ether oxygens (including phenoxy) is 2. The lowest BCUT2D eigenvalue weighted by Gasteiger charge is -2.16. The number of hydrogen-bond donors (Lipinski definition) is 3. The lowest BCUT2D eigenvalue weighted by Crippen LogP contribution is -2.37. The molecule has 6 heteroatoms. The SMILES string of the molecule is COC[C@@H](C)OC(=O)[C@@H](N)Cc1ccc(O)c(O)c1. The van der Waals surface area contributed by atoms with Crippen LogP contribution in [0.25, 0.3) is 0 Å². The first-order valence-electron chi connectivity index (χ1n) is 5.90. The Bertz CT molecular complexity index is 435. The van der Waals surface area contributed by atoms with Gasteiger partial charge in [-0.3, -0.25) is 4.79 Å². The largest absolute Gasteiger partial charge is 0.504 e. The number of carbonyl (C=O) groups excluding carboxylic acids is 1. The monoisotopic (exact) mass is 269 g/mol. The molecule has 0 aliphatic rings. The van der Waals surface area contributed by atoms with Gasteiger partial charge in [-0.05, 0) is 31.0 Å². The van der Waals surface area contributed by atoms with Crippen LogP contribution in [0.2, 0.25) is 0 Å². The van der Waals surface area contributed by atoms with E-state index in [1.807, 2.05) is 0 Å². The van der Waals surface area contributed by atoms with Crippen molar-refractivity contribution in [2.24, 2.45) is 5.73 Å². The molecule has 0 saturated carbocycles. The molecule has 0 aliphatic carbocycles. The lowest BCUT2D eigenvalue weighted by atomic mass is 10.1. The predicted octanol–water partition coefficient (Wildman–Crippen LogP) is 0.546. The van der Waals surface area contributed by atoms with E-state index in [4.69, 9.17) is 15.2 Å². The predicted molar refractivity (Wildman–Crippen MR) is 68.9 cm³/mol. The van der Waals surface area contributed by atoms with E-state index < -0.39 is 12.0 Å². The first kappa shape index (κ1) is 15.3. The van der Waals surface area contributed by atoms with E-state index >= 15 is 0 Å². The third-order valence-electron chi connectivity index (χ3n) is 2.52. The summed E-state index contributed by atoms with van der Waals surface area (Å²) in [7, 11) is 1.52. The molecule has 106 valence electrons. The van der Waals surface area contributed by atoms with Crippen LogP contribution in [-0.2, 0) is 20.7 Å². The summed E-state index contributed by atoms with van der Waals surface area (Å²) in [6, 6.07) is 3.46. The van der Waals surface area contributed by atoms with Gasteiger partial charge in [0.25, 0.3) is 0 Å². The molecule has 2 atom stereocenters. The second kappa shape index (κ2) is 6.96. The van der Waals surface area contributed by atoms with E-state index in [0.717, 1.165) is 0 Å². The maximum Gasteiger partial charge on any atom is 0.323 e. The zero-order chi connectivity index (χ0) is 14.4. The van der Waals surface area contributed by atoms with Crippen molar-refractivity contribution in [2.45, 2.75) is 25.5 Å². The van der Waals surface area contributed by atoms with Gasteiger partial charge in [-0.2, -0.15) is 0 Å². The normalized spacial score (nSPS) is 13.8. The fourth-order valence-electron chi connectivity index (χ4n) is 1.59. The van der Waals surface area contributed by atoms with Gasteiger partial charge in [-0.1, -0.05) is 6.07 Å². The molecular weight excluding hydrogens is 250 g/mol. The Morgan fingerprint density at radius 1 is 1.37 bits per heavy atom. The van der Waals surface area contributed by atoms with E-state index in [9.17, 15) is 15.0 Å². The molecule has 0 heterocycles. The Labute approximate surface area is 111 Å². The van der Waals surface area contributed by atoms with Gasteiger partial charge in [0.1, 0.15) is 12.1 Å². The van der Waals surface area contributed by atoms with Crippen molar-refractivity contribution in [1.29, 1.82) is 0 Å². The molecule has 6 nitrogen and oxygen atoms in total. The molecular formula is C13H19NO5. The van der Waals surface area contributed by atoms with Gasteiger partial charge in [0.15, 0.2) is 11.5 Å². The molecule has 0 unspecified atom stereocenters. The molecule has 0 radical (unpaired) electrons. The van der Waals surface area contributed by atoms with Gasteiger partial charge in [-0.25, -0.2) is 0 Å². The Morgan fingerprint density at radius 3 is 2.63 bits per heavy atom. The van der Waals surface area contributed by atoms with Crippen LogP contribution in [0.15, 0.2) is 18.2 Å². The van der Waals surface area contributed by atoms with Gasteiger partial charge in [-0.15, -0.1) is 0 Å². The van der Waals surface area contributed by atoms with E-state index in [1.54, 1.807) is 13.0 Å². The van der Waals surface area contributed by atoms with Crippen molar-refractivity contribution in [1.82, 2.24) is 0 Å². The number of nitrogens with two attached hydrogens (primary N) is 1. The number of aromatic hydroxyl groups is 2. The molecule has 0 amide bonds. The highest BCUT2D eigenvalue weighted by molar-refractivity contribution is 5.76. The molecule has 19 heavy (non-hydrogen) atoms.